The zero-order chi connectivity index (χ0) is 37.8. The number of unbranched alkanes of at least 4 members (excludes halogenated alkanes) is 22. The number of hydrogen-bond donors (Lipinski definition) is 3. The number of hydrogen-bond acceptors (Lipinski definition) is 9. The number of carbonyl (C=O) groups is 3. The normalized spacial score (nSPS) is 14.0. The summed E-state index contributed by atoms with van der Waals surface area (Å²) in [5, 5.41) is 8.86. The number of carboxylic acid groups (broad SMARTS) is 1. The Hall–Kier alpha value is -1.78. The topological polar surface area (TPSA) is 172 Å². The van der Waals surface area contributed by atoms with E-state index in [0.717, 1.165) is 57.8 Å². The second kappa shape index (κ2) is 35.3. The first-order valence-electron chi connectivity index (χ1n) is 20.2. The van der Waals surface area contributed by atoms with E-state index in [1.807, 2.05) is 0 Å². The van der Waals surface area contributed by atoms with Gasteiger partial charge in [0.05, 0.1) is 13.2 Å². The van der Waals surface area contributed by atoms with Crippen molar-refractivity contribution in [2.24, 2.45) is 5.73 Å². The number of esters is 2. The van der Waals surface area contributed by atoms with Gasteiger partial charge >= 0.3 is 25.7 Å². The first kappa shape index (κ1) is 49.2. The molecular weight excluding hydrogens is 673 g/mol. The molecule has 0 aromatic carbocycles. The van der Waals surface area contributed by atoms with Crippen molar-refractivity contribution < 1.29 is 47.5 Å². The van der Waals surface area contributed by atoms with Crippen molar-refractivity contribution in [3.63, 3.8) is 0 Å². The summed E-state index contributed by atoms with van der Waals surface area (Å²) in [6.45, 7) is 2.78. The predicted octanol–water partition coefficient (Wildman–Crippen LogP) is 10.1. The number of ether oxygens (including phenoxy) is 2. The van der Waals surface area contributed by atoms with Crippen LogP contribution in [0.2, 0.25) is 0 Å². The molecule has 4 N–H and O–H groups in total. The van der Waals surface area contributed by atoms with Crippen molar-refractivity contribution in [1.29, 1.82) is 0 Å². The van der Waals surface area contributed by atoms with Crippen LogP contribution in [-0.2, 0) is 37.5 Å². The maximum atomic E-state index is 12.5. The molecule has 0 rings (SSSR count). The first-order chi connectivity index (χ1) is 24.6. The summed E-state index contributed by atoms with van der Waals surface area (Å²) in [7, 11) is -4.71. The van der Waals surface area contributed by atoms with Gasteiger partial charge in [-0.15, -0.1) is 0 Å². The van der Waals surface area contributed by atoms with Gasteiger partial charge in [-0.05, 0) is 38.5 Å². The van der Waals surface area contributed by atoms with Crippen LogP contribution in [0.1, 0.15) is 187 Å². The number of carboxylic acids is 1. The van der Waals surface area contributed by atoms with Crippen molar-refractivity contribution in [2.75, 3.05) is 19.8 Å². The SMILES string of the molecule is CCCCCCCCC/C=C\CCCCCCCC(=O)OC[C@H](COP(=O)(O)OC[C@H](N)C(=O)O)OC(=O)CCCCCCCCCCCCC. The van der Waals surface area contributed by atoms with E-state index in [0.29, 0.717) is 12.8 Å². The maximum Gasteiger partial charge on any atom is 0.472 e. The Kier molecular flexibility index (Phi) is 34.0. The van der Waals surface area contributed by atoms with Gasteiger partial charge in [0.1, 0.15) is 12.6 Å². The molecule has 0 spiro atoms. The molecule has 300 valence electrons. The molecule has 3 atom stereocenters. The summed E-state index contributed by atoms with van der Waals surface area (Å²) in [5.74, 6) is -2.38. The highest BCUT2D eigenvalue weighted by Gasteiger charge is 2.28. The Morgan fingerprint density at radius 1 is 0.588 bits per heavy atom. The molecule has 0 aliphatic rings. The molecule has 0 heterocycles. The molecule has 0 aliphatic heterocycles. The molecule has 0 aliphatic carbocycles. The average Bonchev–Trinajstić information content (AvgIpc) is 3.10. The van der Waals surface area contributed by atoms with Crippen LogP contribution in [0.3, 0.4) is 0 Å². The molecule has 0 saturated heterocycles. The van der Waals surface area contributed by atoms with E-state index in [2.05, 4.69) is 30.5 Å². The van der Waals surface area contributed by atoms with Crippen molar-refractivity contribution in [3.8, 4) is 0 Å². The minimum atomic E-state index is -4.71. The van der Waals surface area contributed by atoms with Crippen molar-refractivity contribution in [1.82, 2.24) is 0 Å². The Labute approximate surface area is 309 Å². The van der Waals surface area contributed by atoms with Crippen LogP contribution in [0.5, 0.6) is 0 Å². The zero-order valence-electron chi connectivity index (χ0n) is 32.2. The third-order valence-corrected chi connectivity index (χ3v) is 9.71. The fourth-order valence-corrected chi connectivity index (χ4v) is 6.31. The summed E-state index contributed by atoms with van der Waals surface area (Å²) in [4.78, 5) is 45.8. The molecule has 0 saturated carbocycles. The van der Waals surface area contributed by atoms with Gasteiger partial charge in [-0.3, -0.25) is 23.4 Å². The van der Waals surface area contributed by atoms with Crippen LogP contribution in [0.4, 0.5) is 0 Å². The molecule has 0 radical (unpaired) electrons. The molecule has 12 heteroatoms. The van der Waals surface area contributed by atoms with Crippen LogP contribution in [0, 0.1) is 0 Å². The van der Waals surface area contributed by atoms with Crippen LogP contribution >= 0.6 is 7.82 Å². The molecular formula is C39H74NO10P. The number of phosphoric ester groups is 1. The van der Waals surface area contributed by atoms with Crippen molar-refractivity contribution >= 4 is 25.7 Å². The molecule has 11 nitrogen and oxygen atoms in total. The molecule has 0 aromatic rings. The Morgan fingerprint density at radius 2 is 0.980 bits per heavy atom. The van der Waals surface area contributed by atoms with E-state index >= 15 is 0 Å². The summed E-state index contributed by atoms with van der Waals surface area (Å²) >= 11 is 0. The van der Waals surface area contributed by atoms with E-state index < -0.39 is 51.1 Å². The summed E-state index contributed by atoms with van der Waals surface area (Å²) in [6, 6.07) is -1.52. The van der Waals surface area contributed by atoms with Gasteiger partial charge in [0.15, 0.2) is 6.10 Å². The second-order valence-electron chi connectivity index (χ2n) is 13.8. The molecule has 0 aromatic heterocycles. The highest BCUT2D eigenvalue weighted by atomic mass is 31.2. The largest absolute Gasteiger partial charge is 0.480 e. The first-order valence-corrected chi connectivity index (χ1v) is 21.7. The molecule has 0 fully saturated rings. The lowest BCUT2D eigenvalue weighted by Crippen LogP contribution is -2.34. The molecule has 1 unspecified atom stereocenters. The van der Waals surface area contributed by atoms with Crippen LogP contribution in [0.25, 0.3) is 0 Å². The van der Waals surface area contributed by atoms with Gasteiger partial charge in [-0.25, -0.2) is 4.57 Å². The average molecular weight is 748 g/mol. The Morgan fingerprint density at radius 3 is 1.43 bits per heavy atom. The Balaban J connectivity index is 4.38. The van der Waals surface area contributed by atoms with E-state index in [9.17, 15) is 23.8 Å². The van der Waals surface area contributed by atoms with E-state index in [4.69, 9.17) is 24.8 Å². The van der Waals surface area contributed by atoms with Crippen molar-refractivity contribution in [2.45, 2.75) is 199 Å². The lowest BCUT2D eigenvalue weighted by Gasteiger charge is -2.20. The van der Waals surface area contributed by atoms with E-state index in [1.54, 1.807) is 0 Å². The van der Waals surface area contributed by atoms with Gasteiger partial charge < -0.3 is 25.2 Å². The van der Waals surface area contributed by atoms with Gasteiger partial charge in [-0.1, -0.05) is 148 Å². The molecule has 0 amide bonds. The van der Waals surface area contributed by atoms with Crippen LogP contribution < -0.4 is 5.73 Å². The minimum absolute atomic E-state index is 0.164. The monoisotopic (exact) mass is 748 g/mol. The fourth-order valence-electron chi connectivity index (χ4n) is 5.53. The van der Waals surface area contributed by atoms with Gasteiger partial charge in [-0.2, -0.15) is 0 Å². The third kappa shape index (κ3) is 35.0. The number of allylic oxidation sites excluding steroid dienone is 2. The molecule has 51 heavy (non-hydrogen) atoms. The second-order valence-corrected chi connectivity index (χ2v) is 15.2. The number of carbonyl (C=O) groups excluding carboxylic acids is 2. The smallest absolute Gasteiger partial charge is 0.472 e. The quantitative estimate of drug-likeness (QED) is 0.0237. The number of rotatable bonds is 38. The summed E-state index contributed by atoms with van der Waals surface area (Å²) < 4.78 is 32.6. The number of nitrogens with two attached hydrogens (primary N) is 1. The summed E-state index contributed by atoms with van der Waals surface area (Å²) in [6.07, 6.45) is 32.8. The summed E-state index contributed by atoms with van der Waals surface area (Å²) in [5.41, 5.74) is 5.32. The minimum Gasteiger partial charge on any atom is -0.480 e. The highest BCUT2D eigenvalue weighted by Crippen LogP contribution is 2.43. The van der Waals surface area contributed by atoms with Gasteiger partial charge in [0.2, 0.25) is 0 Å². The fraction of sp³-hybridized carbons (Fsp3) is 0.872. The Bertz CT molecular complexity index is 932. The standard InChI is InChI=1S/C39H74NO10P/c1-3-5-7-9-11-13-15-16-17-18-19-21-22-24-26-28-30-37(41)47-32-35(33-48-51(45,46)49-34-36(40)39(43)44)50-38(42)31-29-27-25-23-20-14-12-10-8-6-4-2/h17-18,35-36H,3-16,19-34,40H2,1-2H3,(H,43,44)(H,45,46)/b18-17-/t35-,36+/m1/s1. The van der Waals surface area contributed by atoms with Gasteiger partial charge in [0, 0.05) is 12.8 Å². The van der Waals surface area contributed by atoms with Crippen LogP contribution in [0.15, 0.2) is 12.2 Å². The third-order valence-electron chi connectivity index (χ3n) is 8.76. The maximum absolute atomic E-state index is 12.5. The highest BCUT2D eigenvalue weighted by molar-refractivity contribution is 7.47. The van der Waals surface area contributed by atoms with Crippen molar-refractivity contribution in [3.05, 3.63) is 12.2 Å². The molecule has 0 bridgehead atoms. The lowest BCUT2D eigenvalue weighted by atomic mass is 10.1. The number of aliphatic carboxylic acids is 1. The van der Waals surface area contributed by atoms with Crippen LogP contribution in [-0.4, -0.2) is 59.9 Å². The zero-order valence-corrected chi connectivity index (χ0v) is 33.1. The van der Waals surface area contributed by atoms with Gasteiger partial charge in [0.25, 0.3) is 0 Å². The lowest BCUT2D eigenvalue weighted by molar-refractivity contribution is -0.161. The van der Waals surface area contributed by atoms with E-state index in [-0.39, 0.29) is 19.4 Å². The van der Waals surface area contributed by atoms with E-state index in [1.165, 1.54) is 89.9 Å². The number of phosphoric acid groups is 1. The predicted molar refractivity (Wildman–Crippen MR) is 203 cm³/mol.